The van der Waals surface area contributed by atoms with Gasteiger partial charge < -0.3 is 14.2 Å². The van der Waals surface area contributed by atoms with Crippen LogP contribution in [0.2, 0.25) is 0 Å². The van der Waals surface area contributed by atoms with Crippen LogP contribution in [0.1, 0.15) is 0 Å². The molecule has 0 aliphatic rings. The molecule has 6 heteroatoms. The summed E-state index contributed by atoms with van der Waals surface area (Å²) in [7, 11) is 1.56. The smallest absolute Gasteiger partial charge is 0.411 e. The van der Waals surface area contributed by atoms with Crippen LogP contribution in [-0.2, 0) is 14.3 Å². The molecule has 1 aromatic rings. The van der Waals surface area contributed by atoms with Crippen LogP contribution < -0.4 is 10.1 Å². The van der Waals surface area contributed by atoms with Crippen molar-refractivity contribution in [2.75, 3.05) is 25.6 Å². The van der Waals surface area contributed by atoms with Gasteiger partial charge in [0.1, 0.15) is 19.0 Å². The molecule has 0 aliphatic heterocycles. The second-order valence-corrected chi connectivity index (χ2v) is 3.36. The molecule has 0 bridgehead atoms. The molecule has 0 saturated carbocycles. The Morgan fingerprint density at radius 3 is 2.42 bits per heavy atom. The van der Waals surface area contributed by atoms with Gasteiger partial charge in [0.05, 0.1) is 7.11 Å². The van der Waals surface area contributed by atoms with Crippen molar-refractivity contribution in [2.24, 2.45) is 0 Å². The third-order valence-corrected chi connectivity index (χ3v) is 2.06. The van der Waals surface area contributed by atoms with Crippen molar-refractivity contribution < 1.29 is 23.8 Å². The van der Waals surface area contributed by atoms with E-state index in [2.05, 4.69) is 16.6 Å². The highest BCUT2D eigenvalue weighted by molar-refractivity contribution is 5.84. The van der Waals surface area contributed by atoms with Gasteiger partial charge in [-0.25, -0.2) is 9.59 Å². The number of benzene rings is 1. The zero-order chi connectivity index (χ0) is 14.1. The van der Waals surface area contributed by atoms with Crippen LogP contribution in [0, 0.1) is 0 Å². The van der Waals surface area contributed by atoms with Crippen molar-refractivity contribution in [1.29, 1.82) is 0 Å². The number of methoxy groups -OCH3 is 1. The summed E-state index contributed by atoms with van der Waals surface area (Å²) in [5.41, 5.74) is 0.578. The summed E-state index contributed by atoms with van der Waals surface area (Å²) in [4.78, 5) is 22.1. The highest BCUT2D eigenvalue weighted by Gasteiger charge is 2.04. The summed E-state index contributed by atoms with van der Waals surface area (Å²) < 4.78 is 14.4. The number of anilines is 1. The molecule has 0 aliphatic carbocycles. The Hall–Kier alpha value is -2.50. The van der Waals surface area contributed by atoms with E-state index in [-0.39, 0.29) is 13.2 Å². The van der Waals surface area contributed by atoms with Crippen molar-refractivity contribution >= 4 is 17.7 Å². The van der Waals surface area contributed by atoms with Crippen molar-refractivity contribution in [1.82, 2.24) is 0 Å². The lowest BCUT2D eigenvalue weighted by molar-refractivity contribution is -0.138. The van der Waals surface area contributed by atoms with E-state index in [1.807, 2.05) is 0 Å². The number of rotatable bonds is 6. The number of hydrogen-bond donors (Lipinski definition) is 1. The number of carbonyl (C=O) groups excluding carboxylic acids is 2. The van der Waals surface area contributed by atoms with E-state index in [1.54, 1.807) is 31.4 Å². The van der Waals surface area contributed by atoms with Gasteiger partial charge in [0.2, 0.25) is 0 Å². The minimum Gasteiger partial charge on any atom is -0.497 e. The Labute approximate surface area is 111 Å². The molecule has 6 nitrogen and oxygen atoms in total. The number of carbonyl (C=O) groups is 2. The zero-order valence-electron chi connectivity index (χ0n) is 10.5. The third-order valence-electron chi connectivity index (χ3n) is 2.06. The maximum atomic E-state index is 11.4. The molecule has 102 valence electrons. The Morgan fingerprint density at radius 2 is 1.84 bits per heavy atom. The van der Waals surface area contributed by atoms with Gasteiger partial charge >= 0.3 is 12.1 Å². The predicted octanol–water partition coefficient (Wildman–Crippen LogP) is 1.97. The lowest BCUT2D eigenvalue weighted by atomic mass is 10.3. The van der Waals surface area contributed by atoms with E-state index in [0.29, 0.717) is 11.4 Å². The fourth-order valence-electron chi connectivity index (χ4n) is 1.16. The van der Waals surface area contributed by atoms with Crippen molar-refractivity contribution in [3.05, 3.63) is 36.9 Å². The molecule has 19 heavy (non-hydrogen) atoms. The number of esters is 1. The zero-order valence-corrected chi connectivity index (χ0v) is 10.5. The van der Waals surface area contributed by atoms with Crippen LogP contribution >= 0.6 is 0 Å². The van der Waals surface area contributed by atoms with Gasteiger partial charge in [-0.1, -0.05) is 6.58 Å². The van der Waals surface area contributed by atoms with Crippen LogP contribution in [0.25, 0.3) is 0 Å². The molecule has 0 radical (unpaired) electrons. The van der Waals surface area contributed by atoms with Crippen LogP contribution in [-0.4, -0.2) is 32.4 Å². The normalized spacial score (nSPS) is 9.32. The van der Waals surface area contributed by atoms with E-state index in [4.69, 9.17) is 9.47 Å². The second-order valence-electron chi connectivity index (χ2n) is 3.36. The number of amides is 1. The van der Waals surface area contributed by atoms with E-state index in [1.165, 1.54) is 0 Å². The maximum absolute atomic E-state index is 11.4. The standard InChI is InChI=1S/C13H15NO5/c1-3-12(15)18-8-9-19-13(16)14-10-4-6-11(17-2)7-5-10/h3-7H,1,8-9H2,2H3,(H,14,16). The van der Waals surface area contributed by atoms with E-state index < -0.39 is 12.1 Å². The monoisotopic (exact) mass is 265 g/mol. The summed E-state index contributed by atoms with van der Waals surface area (Å²) in [5.74, 6) is 0.134. The SMILES string of the molecule is C=CC(=O)OCCOC(=O)Nc1ccc(OC)cc1. The van der Waals surface area contributed by atoms with Crippen LogP contribution in [0.4, 0.5) is 10.5 Å². The van der Waals surface area contributed by atoms with Crippen LogP contribution in [0.15, 0.2) is 36.9 Å². The number of hydrogen-bond acceptors (Lipinski definition) is 5. The Morgan fingerprint density at radius 1 is 1.21 bits per heavy atom. The van der Waals surface area contributed by atoms with Gasteiger partial charge in [-0.05, 0) is 24.3 Å². The molecule has 1 N–H and O–H groups in total. The molecule has 0 saturated heterocycles. The summed E-state index contributed by atoms with van der Waals surface area (Å²) in [6.45, 7) is 3.20. The van der Waals surface area contributed by atoms with Crippen molar-refractivity contribution in [3.63, 3.8) is 0 Å². The quantitative estimate of drug-likeness (QED) is 0.483. The van der Waals surface area contributed by atoms with Gasteiger partial charge in [0.25, 0.3) is 0 Å². The van der Waals surface area contributed by atoms with E-state index in [0.717, 1.165) is 6.08 Å². The van der Waals surface area contributed by atoms with Gasteiger partial charge in [0.15, 0.2) is 0 Å². The van der Waals surface area contributed by atoms with Gasteiger partial charge in [-0.3, -0.25) is 5.32 Å². The molecule has 1 rings (SSSR count). The first-order valence-corrected chi connectivity index (χ1v) is 5.52. The molecular formula is C13H15NO5. The number of nitrogens with one attached hydrogen (secondary N) is 1. The largest absolute Gasteiger partial charge is 0.497 e. The van der Waals surface area contributed by atoms with Crippen LogP contribution in [0.5, 0.6) is 5.75 Å². The molecule has 0 spiro atoms. The molecule has 1 amide bonds. The molecule has 0 unspecified atom stereocenters. The van der Waals surface area contributed by atoms with Crippen molar-refractivity contribution in [3.8, 4) is 5.75 Å². The average molecular weight is 265 g/mol. The highest BCUT2D eigenvalue weighted by atomic mass is 16.6. The Bertz CT molecular complexity index is 441. The topological polar surface area (TPSA) is 73.9 Å². The first kappa shape index (κ1) is 14.6. The first-order chi connectivity index (χ1) is 9.15. The molecule has 0 fully saturated rings. The predicted molar refractivity (Wildman–Crippen MR) is 69.1 cm³/mol. The molecular weight excluding hydrogens is 250 g/mol. The Kier molecular flexibility index (Phi) is 5.94. The van der Waals surface area contributed by atoms with E-state index in [9.17, 15) is 9.59 Å². The molecule has 0 atom stereocenters. The summed E-state index contributed by atoms with van der Waals surface area (Å²) in [6, 6.07) is 6.78. The third kappa shape index (κ3) is 5.58. The minimum absolute atomic E-state index is 0.0130. The first-order valence-electron chi connectivity index (χ1n) is 5.52. The lowest BCUT2D eigenvalue weighted by Gasteiger charge is -2.07. The second kappa shape index (κ2) is 7.75. The summed E-state index contributed by atoms with van der Waals surface area (Å²) in [5, 5.41) is 2.52. The number of ether oxygens (including phenoxy) is 3. The fraction of sp³-hybridized carbons (Fsp3) is 0.231. The summed E-state index contributed by atoms with van der Waals surface area (Å²) >= 11 is 0. The van der Waals surface area contributed by atoms with Crippen LogP contribution in [0.3, 0.4) is 0 Å². The van der Waals surface area contributed by atoms with Gasteiger partial charge in [-0.2, -0.15) is 0 Å². The fourth-order valence-corrected chi connectivity index (χ4v) is 1.16. The highest BCUT2D eigenvalue weighted by Crippen LogP contribution is 2.14. The average Bonchev–Trinajstić information content (AvgIpc) is 2.44. The van der Waals surface area contributed by atoms with E-state index >= 15 is 0 Å². The molecule has 0 heterocycles. The maximum Gasteiger partial charge on any atom is 0.411 e. The van der Waals surface area contributed by atoms with Gasteiger partial charge in [-0.15, -0.1) is 0 Å². The van der Waals surface area contributed by atoms with Crippen molar-refractivity contribution in [2.45, 2.75) is 0 Å². The summed E-state index contributed by atoms with van der Waals surface area (Å²) in [6.07, 6.45) is 0.414. The van der Waals surface area contributed by atoms with Gasteiger partial charge in [0, 0.05) is 11.8 Å². The molecule has 1 aromatic carbocycles. The lowest BCUT2D eigenvalue weighted by Crippen LogP contribution is -2.17. The Balaban J connectivity index is 2.26. The minimum atomic E-state index is -0.625. The molecule has 0 aromatic heterocycles.